The first kappa shape index (κ1) is 21.4. The summed E-state index contributed by atoms with van der Waals surface area (Å²) in [5.41, 5.74) is 1.60. The fraction of sp³-hybridized carbons (Fsp3) is 0.421. The van der Waals surface area contributed by atoms with E-state index in [9.17, 15) is 13.2 Å². The van der Waals surface area contributed by atoms with Crippen molar-refractivity contribution in [1.82, 2.24) is 4.31 Å². The first-order valence-corrected chi connectivity index (χ1v) is 11.0. The minimum Gasteiger partial charge on any atom is -0.495 e. The Hall–Kier alpha value is -1.90. The highest BCUT2D eigenvalue weighted by molar-refractivity contribution is 7.89. The van der Waals surface area contributed by atoms with Crippen LogP contribution >= 0.6 is 11.3 Å². The minimum atomic E-state index is -3.70. The number of rotatable bonds is 8. The molecule has 148 valence electrons. The summed E-state index contributed by atoms with van der Waals surface area (Å²) < 4.78 is 31.3. The van der Waals surface area contributed by atoms with Crippen LogP contribution in [0.15, 0.2) is 29.2 Å². The highest BCUT2D eigenvalue weighted by atomic mass is 32.2. The summed E-state index contributed by atoms with van der Waals surface area (Å²) in [4.78, 5) is 14.5. The average Bonchev–Trinajstić information content (AvgIpc) is 3.05. The van der Waals surface area contributed by atoms with E-state index in [-0.39, 0.29) is 16.6 Å². The molecule has 2 rings (SSSR count). The summed E-state index contributed by atoms with van der Waals surface area (Å²) in [5, 5.41) is 2.80. The van der Waals surface area contributed by atoms with Gasteiger partial charge in [0.2, 0.25) is 10.0 Å². The van der Waals surface area contributed by atoms with Gasteiger partial charge < -0.3 is 10.1 Å². The molecule has 0 spiro atoms. The number of aryl methyl sites for hydroxylation is 2. The normalized spacial score (nSPS) is 11.6. The number of benzene rings is 1. The number of carbonyl (C=O) groups is 1. The van der Waals surface area contributed by atoms with E-state index in [2.05, 4.69) is 19.2 Å². The third-order valence-corrected chi connectivity index (χ3v) is 7.23. The second kappa shape index (κ2) is 8.86. The maximum absolute atomic E-state index is 12.7. The van der Waals surface area contributed by atoms with Crippen LogP contribution in [0.3, 0.4) is 0 Å². The topological polar surface area (TPSA) is 75.7 Å². The van der Waals surface area contributed by atoms with Crippen LogP contribution in [-0.2, 0) is 22.9 Å². The highest BCUT2D eigenvalue weighted by Crippen LogP contribution is 2.30. The lowest BCUT2D eigenvalue weighted by Gasteiger charge is -2.15. The molecule has 27 heavy (non-hydrogen) atoms. The van der Waals surface area contributed by atoms with Crippen molar-refractivity contribution in [2.24, 2.45) is 0 Å². The number of nitrogens with one attached hydrogen (secondary N) is 1. The Morgan fingerprint density at radius 1 is 1.22 bits per heavy atom. The summed E-state index contributed by atoms with van der Waals surface area (Å²) in [6.07, 6.45) is 2.86. The van der Waals surface area contributed by atoms with Crippen LogP contribution in [-0.4, -0.2) is 39.8 Å². The number of ether oxygens (including phenoxy) is 1. The molecule has 0 fully saturated rings. The Morgan fingerprint density at radius 2 is 1.93 bits per heavy atom. The van der Waals surface area contributed by atoms with Crippen LogP contribution in [0.1, 0.15) is 40.4 Å². The van der Waals surface area contributed by atoms with Gasteiger partial charge in [-0.2, -0.15) is 0 Å². The summed E-state index contributed by atoms with van der Waals surface area (Å²) in [5.74, 6) is -0.00764. The van der Waals surface area contributed by atoms with Crippen molar-refractivity contribution in [3.63, 3.8) is 0 Å². The predicted molar refractivity (Wildman–Crippen MR) is 110 cm³/mol. The van der Waals surface area contributed by atoms with Crippen molar-refractivity contribution in [2.75, 3.05) is 26.5 Å². The second-order valence-corrected chi connectivity index (χ2v) is 9.53. The Bertz CT molecular complexity index is 918. The molecule has 0 bridgehead atoms. The monoisotopic (exact) mass is 410 g/mol. The van der Waals surface area contributed by atoms with Gasteiger partial charge in [0.25, 0.3) is 5.91 Å². The summed E-state index contributed by atoms with van der Waals surface area (Å²) in [6.45, 7) is 4.19. The quantitative estimate of drug-likeness (QED) is 0.719. The van der Waals surface area contributed by atoms with E-state index >= 15 is 0 Å². The molecule has 0 saturated carbocycles. The number of methoxy groups -OCH3 is 1. The molecule has 6 nitrogen and oxygen atoms in total. The fourth-order valence-electron chi connectivity index (χ4n) is 2.66. The predicted octanol–water partition coefficient (Wildman–Crippen LogP) is 3.77. The lowest BCUT2D eigenvalue weighted by Crippen LogP contribution is -2.23. The van der Waals surface area contributed by atoms with E-state index < -0.39 is 10.0 Å². The first-order valence-electron chi connectivity index (χ1n) is 8.78. The molecule has 1 aromatic heterocycles. The van der Waals surface area contributed by atoms with Gasteiger partial charge in [0.05, 0.1) is 12.0 Å². The van der Waals surface area contributed by atoms with Gasteiger partial charge in [-0.05, 0) is 42.7 Å². The third-order valence-electron chi connectivity index (χ3n) is 4.16. The minimum absolute atomic E-state index is 0.0138. The number of amides is 1. The molecular weight excluding hydrogens is 384 g/mol. The van der Waals surface area contributed by atoms with E-state index in [1.165, 1.54) is 49.0 Å². The molecule has 0 atom stereocenters. The maximum atomic E-state index is 12.7. The molecule has 1 N–H and O–H groups in total. The number of nitrogens with zero attached hydrogens (tertiary/aromatic N) is 1. The number of anilines is 1. The van der Waals surface area contributed by atoms with E-state index in [0.717, 1.165) is 23.6 Å². The number of hydrogen-bond acceptors (Lipinski definition) is 5. The van der Waals surface area contributed by atoms with E-state index in [1.807, 2.05) is 6.07 Å². The fourth-order valence-corrected chi connectivity index (χ4v) is 4.99. The summed E-state index contributed by atoms with van der Waals surface area (Å²) >= 11 is 1.50. The van der Waals surface area contributed by atoms with Crippen molar-refractivity contribution >= 4 is 33.0 Å². The smallest absolute Gasteiger partial charge is 0.265 e. The van der Waals surface area contributed by atoms with Gasteiger partial charge in [-0.3, -0.25) is 4.79 Å². The Labute approximate surface area is 165 Å². The zero-order valence-corrected chi connectivity index (χ0v) is 18.0. The number of thiophene rings is 1. The van der Waals surface area contributed by atoms with Gasteiger partial charge >= 0.3 is 0 Å². The standard InChI is InChI=1S/C19H26N2O4S2/c1-6-8-16-13(7-2)11-17(26-16)19(22)20-14-9-10-15(25-5)18(12-14)27(23,24)21(3)4/h9-12H,6-8H2,1-5H3,(H,20,22). The summed E-state index contributed by atoms with van der Waals surface area (Å²) in [7, 11) is 0.619. The van der Waals surface area contributed by atoms with Crippen molar-refractivity contribution in [2.45, 2.75) is 38.0 Å². The van der Waals surface area contributed by atoms with Gasteiger partial charge in [0.15, 0.2) is 0 Å². The van der Waals surface area contributed by atoms with E-state index in [4.69, 9.17) is 4.74 Å². The first-order chi connectivity index (χ1) is 12.7. The van der Waals surface area contributed by atoms with Crippen molar-refractivity contribution in [3.05, 3.63) is 39.6 Å². The molecule has 0 aliphatic carbocycles. The zero-order valence-electron chi connectivity index (χ0n) is 16.3. The van der Waals surface area contributed by atoms with Gasteiger partial charge in [-0.15, -0.1) is 11.3 Å². The van der Waals surface area contributed by atoms with Gasteiger partial charge in [0, 0.05) is 24.7 Å². The molecule has 2 aromatic rings. The van der Waals surface area contributed by atoms with Crippen LogP contribution < -0.4 is 10.1 Å². The molecule has 0 unspecified atom stereocenters. The molecule has 8 heteroatoms. The molecule has 0 radical (unpaired) electrons. The lowest BCUT2D eigenvalue weighted by molar-refractivity contribution is 0.103. The molecular formula is C19H26N2O4S2. The van der Waals surface area contributed by atoms with E-state index in [0.29, 0.717) is 10.6 Å². The van der Waals surface area contributed by atoms with Gasteiger partial charge in [-0.25, -0.2) is 12.7 Å². The maximum Gasteiger partial charge on any atom is 0.265 e. The van der Waals surface area contributed by atoms with Crippen LogP contribution in [0.2, 0.25) is 0 Å². The average molecular weight is 411 g/mol. The van der Waals surface area contributed by atoms with E-state index in [1.54, 1.807) is 12.1 Å². The van der Waals surface area contributed by atoms with Crippen molar-refractivity contribution < 1.29 is 17.9 Å². The molecule has 0 aliphatic heterocycles. The van der Waals surface area contributed by atoms with Gasteiger partial charge in [0.1, 0.15) is 10.6 Å². The SMILES string of the molecule is CCCc1sc(C(=O)Nc2ccc(OC)c(S(=O)(=O)N(C)C)c2)cc1CC. The van der Waals surface area contributed by atoms with Crippen molar-refractivity contribution in [3.8, 4) is 5.75 Å². The Morgan fingerprint density at radius 3 is 2.48 bits per heavy atom. The van der Waals surface area contributed by atoms with Crippen LogP contribution in [0, 0.1) is 0 Å². The number of hydrogen-bond donors (Lipinski definition) is 1. The number of sulfonamides is 1. The lowest BCUT2D eigenvalue weighted by atomic mass is 10.1. The van der Waals surface area contributed by atoms with Crippen LogP contribution in [0.4, 0.5) is 5.69 Å². The number of carbonyl (C=O) groups excluding carboxylic acids is 1. The van der Waals surface area contributed by atoms with Gasteiger partial charge in [-0.1, -0.05) is 20.3 Å². The molecule has 0 aliphatic rings. The molecule has 0 saturated heterocycles. The largest absolute Gasteiger partial charge is 0.495 e. The second-order valence-electron chi connectivity index (χ2n) is 6.27. The van der Waals surface area contributed by atoms with Crippen LogP contribution in [0.25, 0.3) is 0 Å². The zero-order chi connectivity index (χ0) is 20.2. The summed E-state index contributed by atoms with van der Waals surface area (Å²) in [6, 6.07) is 6.52. The molecule has 1 aromatic carbocycles. The van der Waals surface area contributed by atoms with Crippen LogP contribution in [0.5, 0.6) is 5.75 Å². The Balaban J connectivity index is 2.34. The molecule has 1 amide bonds. The third kappa shape index (κ3) is 4.69. The highest BCUT2D eigenvalue weighted by Gasteiger charge is 2.23. The Kier molecular flexibility index (Phi) is 7.02. The molecule has 1 heterocycles. The van der Waals surface area contributed by atoms with Crippen molar-refractivity contribution in [1.29, 1.82) is 0 Å².